The second-order valence-electron chi connectivity index (χ2n) is 5.21. The van der Waals surface area contributed by atoms with Crippen LogP contribution in [-0.2, 0) is 25.6 Å². The molecule has 0 aliphatic carbocycles. The molecule has 1 atom stereocenters. The number of esters is 1. The van der Waals surface area contributed by atoms with E-state index >= 15 is 0 Å². The Morgan fingerprint density at radius 2 is 1.81 bits per heavy atom. The lowest BCUT2D eigenvalue weighted by Gasteiger charge is -2.17. The van der Waals surface area contributed by atoms with Crippen LogP contribution < -0.4 is 5.32 Å². The summed E-state index contributed by atoms with van der Waals surface area (Å²) >= 11 is 6.45. The van der Waals surface area contributed by atoms with Gasteiger partial charge in [0.15, 0.2) is 0 Å². The molecule has 0 heterocycles. The molecule has 0 bridgehead atoms. The van der Waals surface area contributed by atoms with E-state index in [4.69, 9.17) is 26.4 Å². The molecular weight excluding hydrogens is 374 g/mol. The maximum Gasteiger partial charge on any atom is 0.407 e. The minimum Gasteiger partial charge on any atom is -0.479 e. The molecule has 1 aromatic rings. The fraction of sp³-hybridized carbons (Fsp3) is 0.500. The molecule has 144 valence electrons. The van der Waals surface area contributed by atoms with Gasteiger partial charge in [-0.3, -0.25) is 4.79 Å². The van der Waals surface area contributed by atoms with Gasteiger partial charge in [-0.05, 0) is 38.0 Å². The quantitative estimate of drug-likeness (QED) is 0.475. The number of thiocarbonyl (C=S) groups is 1. The van der Waals surface area contributed by atoms with E-state index in [0.717, 1.165) is 5.56 Å². The third-order valence-electron chi connectivity index (χ3n) is 3.19. The maximum atomic E-state index is 11.9. The summed E-state index contributed by atoms with van der Waals surface area (Å²) < 4.78 is 15.8. The molecule has 1 unspecified atom stereocenters. The van der Waals surface area contributed by atoms with Crippen molar-refractivity contribution in [2.24, 2.45) is 0 Å². The van der Waals surface area contributed by atoms with Gasteiger partial charge in [0.05, 0.1) is 13.2 Å². The van der Waals surface area contributed by atoms with Gasteiger partial charge in [0, 0.05) is 18.2 Å². The van der Waals surface area contributed by atoms with Crippen LogP contribution >= 0.6 is 24.0 Å². The van der Waals surface area contributed by atoms with Crippen molar-refractivity contribution in [1.82, 2.24) is 5.32 Å². The summed E-state index contributed by atoms with van der Waals surface area (Å²) in [5.41, 5.74) is 0.911. The van der Waals surface area contributed by atoms with Crippen LogP contribution in [0.1, 0.15) is 32.3 Å². The van der Waals surface area contributed by atoms with Gasteiger partial charge in [-0.2, -0.15) is 0 Å². The minimum absolute atomic E-state index is 0.109. The van der Waals surface area contributed by atoms with Gasteiger partial charge in [0.25, 0.3) is 0 Å². The van der Waals surface area contributed by atoms with E-state index in [-0.39, 0.29) is 24.2 Å². The Hall–Kier alpha value is -1.80. The number of alkyl carbamates (subject to hydrolysis) is 1. The summed E-state index contributed by atoms with van der Waals surface area (Å²) in [6.07, 6.45) is 0.245. The predicted molar refractivity (Wildman–Crippen MR) is 106 cm³/mol. The average molecular weight is 400 g/mol. The van der Waals surface area contributed by atoms with Gasteiger partial charge in [0.2, 0.25) is 4.38 Å². The van der Waals surface area contributed by atoms with Crippen molar-refractivity contribution in [2.45, 2.75) is 38.5 Å². The summed E-state index contributed by atoms with van der Waals surface area (Å²) in [6.45, 7) is 4.94. The van der Waals surface area contributed by atoms with Crippen LogP contribution in [0.3, 0.4) is 0 Å². The highest BCUT2D eigenvalue weighted by atomic mass is 32.2. The molecule has 0 saturated heterocycles. The monoisotopic (exact) mass is 399 g/mol. The normalized spacial score (nSPS) is 11.3. The Morgan fingerprint density at radius 3 is 2.46 bits per heavy atom. The Labute approximate surface area is 164 Å². The lowest BCUT2D eigenvalue weighted by atomic mass is 10.2. The topological polar surface area (TPSA) is 73.9 Å². The van der Waals surface area contributed by atoms with Crippen LogP contribution in [0.2, 0.25) is 0 Å². The number of carbonyl (C=O) groups is 2. The van der Waals surface area contributed by atoms with Crippen LogP contribution in [0.4, 0.5) is 4.79 Å². The number of hydrogen-bond acceptors (Lipinski definition) is 7. The van der Waals surface area contributed by atoms with E-state index in [1.807, 2.05) is 37.3 Å². The first kappa shape index (κ1) is 22.2. The number of hydrogen-bond donors (Lipinski definition) is 1. The van der Waals surface area contributed by atoms with E-state index in [2.05, 4.69) is 5.32 Å². The molecule has 1 rings (SSSR count). The van der Waals surface area contributed by atoms with Gasteiger partial charge in [-0.1, -0.05) is 42.1 Å². The van der Waals surface area contributed by atoms with Crippen LogP contribution in [0.5, 0.6) is 0 Å². The first-order valence-electron chi connectivity index (χ1n) is 8.48. The van der Waals surface area contributed by atoms with Crippen LogP contribution in [-0.4, -0.2) is 41.5 Å². The van der Waals surface area contributed by atoms with Gasteiger partial charge in [-0.25, -0.2) is 4.79 Å². The molecule has 0 saturated carbocycles. The number of benzene rings is 1. The van der Waals surface area contributed by atoms with Crippen LogP contribution in [0.25, 0.3) is 0 Å². The molecule has 1 N–H and O–H groups in total. The van der Waals surface area contributed by atoms with E-state index < -0.39 is 6.09 Å². The molecule has 1 amide bonds. The number of ether oxygens (including phenoxy) is 3. The Balaban J connectivity index is 2.42. The molecule has 0 spiro atoms. The summed E-state index contributed by atoms with van der Waals surface area (Å²) in [6, 6.07) is 9.43. The van der Waals surface area contributed by atoms with Crippen LogP contribution in [0, 0.1) is 0 Å². The standard InChI is InChI=1S/C18H25NO5S2/c1-3-22-16(20)11-10-15(26-18(25)23-4-2)12-19-17(21)24-13-14-8-6-5-7-9-14/h5-9,15H,3-4,10-13H2,1-2H3,(H,19,21). The number of rotatable bonds is 10. The van der Waals surface area contributed by atoms with Gasteiger partial charge >= 0.3 is 12.1 Å². The second-order valence-corrected chi connectivity index (χ2v) is 7.11. The molecule has 6 nitrogen and oxygen atoms in total. The van der Waals surface area contributed by atoms with Crippen molar-refractivity contribution < 1.29 is 23.8 Å². The predicted octanol–water partition coefficient (Wildman–Crippen LogP) is 3.68. The van der Waals surface area contributed by atoms with Crippen LogP contribution in [0.15, 0.2) is 30.3 Å². The summed E-state index contributed by atoms with van der Waals surface area (Å²) in [5, 5.41) is 2.60. The molecule has 0 radical (unpaired) electrons. The molecule has 0 aliphatic rings. The van der Waals surface area contributed by atoms with E-state index in [0.29, 0.717) is 30.6 Å². The fourth-order valence-corrected chi connectivity index (χ4v) is 3.36. The number of nitrogens with one attached hydrogen (secondary N) is 1. The van der Waals surface area contributed by atoms with Crippen molar-refractivity contribution >= 4 is 40.4 Å². The van der Waals surface area contributed by atoms with Crippen molar-refractivity contribution in [3.8, 4) is 0 Å². The highest BCUT2D eigenvalue weighted by Gasteiger charge is 2.17. The van der Waals surface area contributed by atoms with E-state index in [9.17, 15) is 9.59 Å². The summed E-state index contributed by atoms with van der Waals surface area (Å²) in [5.74, 6) is -0.271. The number of thioether (sulfide) groups is 1. The molecule has 0 aromatic heterocycles. The van der Waals surface area contributed by atoms with Gasteiger partial charge in [-0.15, -0.1) is 0 Å². The van der Waals surface area contributed by atoms with E-state index in [1.54, 1.807) is 6.92 Å². The fourth-order valence-electron chi connectivity index (χ4n) is 1.97. The molecule has 1 aromatic carbocycles. The second kappa shape index (κ2) is 13.4. The average Bonchev–Trinajstić information content (AvgIpc) is 2.63. The molecule has 0 aliphatic heterocycles. The third kappa shape index (κ3) is 10.2. The Morgan fingerprint density at radius 1 is 1.12 bits per heavy atom. The first-order chi connectivity index (χ1) is 12.5. The summed E-state index contributed by atoms with van der Waals surface area (Å²) in [7, 11) is 0. The zero-order valence-corrected chi connectivity index (χ0v) is 16.7. The third-order valence-corrected chi connectivity index (χ3v) is 4.64. The zero-order valence-electron chi connectivity index (χ0n) is 15.1. The lowest BCUT2D eigenvalue weighted by Crippen LogP contribution is -2.32. The first-order valence-corrected chi connectivity index (χ1v) is 9.77. The van der Waals surface area contributed by atoms with Crippen molar-refractivity contribution in [3.05, 3.63) is 35.9 Å². The molecule has 26 heavy (non-hydrogen) atoms. The molecule has 8 heteroatoms. The Bertz CT molecular complexity index is 568. The molecular formula is C18H25NO5S2. The number of amides is 1. The smallest absolute Gasteiger partial charge is 0.407 e. The van der Waals surface area contributed by atoms with E-state index in [1.165, 1.54) is 11.8 Å². The number of carbonyl (C=O) groups excluding carboxylic acids is 2. The molecule has 0 fully saturated rings. The van der Waals surface area contributed by atoms with Crippen molar-refractivity contribution in [1.29, 1.82) is 0 Å². The van der Waals surface area contributed by atoms with Crippen molar-refractivity contribution in [3.63, 3.8) is 0 Å². The highest BCUT2D eigenvalue weighted by molar-refractivity contribution is 8.23. The maximum absolute atomic E-state index is 11.9. The zero-order chi connectivity index (χ0) is 19.2. The lowest BCUT2D eigenvalue weighted by molar-refractivity contribution is -0.143. The SMILES string of the molecule is CCOC(=O)CCC(CNC(=O)OCc1ccccc1)SC(=S)OCC. The van der Waals surface area contributed by atoms with Crippen molar-refractivity contribution in [2.75, 3.05) is 19.8 Å². The highest BCUT2D eigenvalue weighted by Crippen LogP contribution is 2.19. The van der Waals surface area contributed by atoms with Gasteiger partial charge in [0.1, 0.15) is 6.61 Å². The largest absolute Gasteiger partial charge is 0.479 e. The minimum atomic E-state index is -0.516. The Kier molecular flexibility index (Phi) is 11.5. The van der Waals surface area contributed by atoms with Gasteiger partial charge < -0.3 is 19.5 Å². The summed E-state index contributed by atoms with van der Waals surface area (Å²) in [4.78, 5) is 23.4.